The van der Waals surface area contributed by atoms with Gasteiger partial charge in [0.15, 0.2) is 11.6 Å². The highest BCUT2D eigenvalue weighted by Gasteiger charge is 2.37. The average Bonchev–Trinajstić information content (AvgIpc) is 3.62. The lowest BCUT2D eigenvalue weighted by molar-refractivity contribution is 0.0474. The summed E-state index contributed by atoms with van der Waals surface area (Å²) >= 11 is 1.51. The molecule has 1 aromatic carbocycles. The number of fused-ring (bicyclic) bond motifs is 3. The summed E-state index contributed by atoms with van der Waals surface area (Å²) < 4.78 is 18.4. The summed E-state index contributed by atoms with van der Waals surface area (Å²) in [6, 6.07) is 5.72. The van der Waals surface area contributed by atoms with Crippen LogP contribution in [0.25, 0.3) is 23.0 Å². The molecule has 39 heavy (non-hydrogen) atoms. The summed E-state index contributed by atoms with van der Waals surface area (Å²) in [5, 5.41) is 8.60. The molecule has 2 amide bonds. The fraction of sp³-hybridized carbons (Fsp3) is 0.346. The number of hydrogen-bond acceptors (Lipinski definition) is 10. The maximum absolute atomic E-state index is 14.0. The quantitative estimate of drug-likeness (QED) is 0.355. The standard InChI is InChI=1S/C26H31N7O5S/c1-15(2)10-16-11-18-21(12-20(16)36-3)38-13-19-22(30-33(23(18)19)17-4-9-39-14-17)24(34)32(26(27,28)29)6-5-31-7-8-37-25(31)35/h4,9-12,14H,5-8,13,27-29H2,1-3H3. The largest absolute Gasteiger partial charge is 0.496 e. The lowest BCUT2D eigenvalue weighted by Gasteiger charge is -2.35. The Morgan fingerprint density at radius 2 is 2.08 bits per heavy atom. The van der Waals surface area contributed by atoms with Crippen LogP contribution in [0, 0.1) is 0 Å². The first-order valence-electron chi connectivity index (χ1n) is 12.3. The van der Waals surface area contributed by atoms with E-state index in [4.69, 9.17) is 36.5 Å². The number of cyclic esters (lactones) is 1. The fourth-order valence-electron chi connectivity index (χ4n) is 4.68. The summed E-state index contributed by atoms with van der Waals surface area (Å²) in [6.45, 7) is 4.90. The minimum absolute atomic E-state index is 0.0170. The third-order valence-electron chi connectivity index (χ3n) is 6.49. The maximum Gasteiger partial charge on any atom is 0.409 e. The molecular formula is C26H31N7O5S. The molecule has 2 aliphatic heterocycles. The molecular weight excluding hydrogens is 522 g/mol. The van der Waals surface area contributed by atoms with E-state index in [0.717, 1.165) is 27.3 Å². The van der Waals surface area contributed by atoms with E-state index < -0.39 is 17.9 Å². The number of thiophene rings is 1. The monoisotopic (exact) mass is 553 g/mol. The molecule has 2 aliphatic rings. The third-order valence-corrected chi connectivity index (χ3v) is 7.16. The van der Waals surface area contributed by atoms with Gasteiger partial charge in [-0.1, -0.05) is 11.6 Å². The maximum atomic E-state index is 14.0. The summed E-state index contributed by atoms with van der Waals surface area (Å²) in [7, 11) is 1.61. The van der Waals surface area contributed by atoms with Gasteiger partial charge in [0.05, 0.1) is 25.0 Å². The van der Waals surface area contributed by atoms with Crippen LogP contribution in [0.15, 0.2) is 34.5 Å². The van der Waals surface area contributed by atoms with Gasteiger partial charge in [0.2, 0.25) is 0 Å². The van der Waals surface area contributed by atoms with Crippen molar-refractivity contribution in [2.45, 2.75) is 26.4 Å². The second kappa shape index (κ2) is 10.3. The Labute approximate surface area is 229 Å². The van der Waals surface area contributed by atoms with E-state index in [9.17, 15) is 9.59 Å². The number of ether oxygens (including phenoxy) is 3. The van der Waals surface area contributed by atoms with Crippen LogP contribution in [-0.4, -0.2) is 70.8 Å². The molecule has 4 heterocycles. The number of allylic oxidation sites excluding steroid dienone is 1. The van der Waals surface area contributed by atoms with Crippen LogP contribution in [-0.2, 0) is 11.3 Å². The van der Waals surface area contributed by atoms with Gasteiger partial charge in [-0.15, -0.1) is 0 Å². The second-order valence-corrected chi connectivity index (χ2v) is 10.4. The molecule has 0 aliphatic carbocycles. The molecule has 3 aromatic rings. The molecule has 1 saturated heterocycles. The van der Waals surface area contributed by atoms with Gasteiger partial charge in [-0.2, -0.15) is 16.4 Å². The Hall–Kier alpha value is -3.91. The summed E-state index contributed by atoms with van der Waals surface area (Å²) in [5.41, 5.74) is 23.0. The van der Waals surface area contributed by atoms with Crippen molar-refractivity contribution < 1.29 is 23.8 Å². The lowest BCUT2D eigenvalue weighted by Crippen LogP contribution is -2.72. The molecule has 0 atom stereocenters. The number of nitrogens with zero attached hydrogens (tertiary/aromatic N) is 4. The predicted octanol–water partition coefficient (Wildman–Crippen LogP) is 2.31. The highest BCUT2D eigenvalue weighted by atomic mass is 32.1. The van der Waals surface area contributed by atoms with Crippen molar-refractivity contribution >= 4 is 29.4 Å². The van der Waals surface area contributed by atoms with Gasteiger partial charge < -0.3 is 19.1 Å². The number of amides is 2. The number of rotatable bonds is 8. The van der Waals surface area contributed by atoms with E-state index in [2.05, 4.69) is 0 Å². The first kappa shape index (κ1) is 26.7. The number of hydrogen-bond donors (Lipinski definition) is 3. The van der Waals surface area contributed by atoms with Crippen molar-refractivity contribution in [3.05, 3.63) is 51.4 Å². The van der Waals surface area contributed by atoms with Crippen molar-refractivity contribution in [3.8, 4) is 28.4 Å². The van der Waals surface area contributed by atoms with Gasteiger partial charge in [-0.05, 0) is 31.4 Å². The van der Waals surface area contributed by atoms with Crippen LogP contribution in [0.5, 0.6) is 11.5 Å². The highest BCUT2D eigenvalue weighted by molar-refractivity contribution is 7.08. The zero-order chi connectivity index (χ0) is 27.9. The van der Waals surface area contributed by atoms with Gasteiger partial charge >= 0.3 is 6.09 Å². The van der Waals surface area contributed by atoms with Crippen LogP contribution in [0.3, 0.4) is 0 Å². The Morgan fingerprint density at radius 3 is 2.69 bits per heavy atom. The molecule has 206 valence electrons. The number of benzene rings is 1. The molecule has 13 heteroatoms. The Bertz CT molecular complexity index is 1440. The van der Waals surface area contributed by atoms with E-state index in [1.165, 1.54) is 16.2 Å². The first-order chi connectivity index (χ1) is 18.6. The fourth-order valence-corrected chi connectivity index (χ4v) is 5.30. The second-order valence-electron chi connectivity index (χ2n) is 9.62. The Balaban J connectivity index is 1.62. The summed E-state index contributed by atoms with van der Waals surface area (Å²) in [6.07, 6.45) is 1.55. The third kappa shape index (κ3) is 5.08. The average molecular weight is 554 g/mol. The van der Waals surface area contributed by atoms with Gasteiger partial charge in [0.1, 0.15) is 24.7 Å². The molecule has 5 rings (SSSR count). The van der Waals surface area contributed by atoms with Crippen LogP contribution >= 0.6 is 11.3 Å². The highest BCUT2D eigenvalue weighted by Crippen LogP contribution is 2.44. The van der Waals surface area contributed by atoms with Crippen LogP contribution < -0.4 is 26.7 Å². The van der Waals surface area contributed by atoms with Gasteiger partial charge in [0.25, 0.3) is 5.91 Å². The van der Waals surface area contributed by atoms with Crippen molar-refractivity contribution in [2.24, 2.45) is 17.2 Å². The molecule has 6 N–H and O–H groups in total. The van der Waals surface area contributed by atoms with Crippen LogP contribution in [0.1, 0.15) is 35.5 Å². The zero-order valence-electron chi connectivity index (χ0n) is 22.0. The molecule has 0 spiro atoms. The Morgan fingerprint density at radius 1 is 1.28 bits per heavy atom. The summed E-state index contributed by atoms with van der Waals surface area (Å²) in [4.78, 5) is 28.4. The molecule has 1 fully saturated rings. The van der Waals surface area contributed by atoms with Gasteiger partial charge in [-0.25, -0.2) is 9.48 Å². The van der Waals surface area contributed by atoms with Gasteiger partial charge in [0, 0.05) is 41.2 Å². The smallest absolute Gasteiger partial charge is 0.409 e. The molecule has 0 saturated carbocycles. The van der Waals surface area contributed by atoms with Crippen molar-refractivity contribution in [3.63, 3.8) is 0 Å². The lowest BCUT2D eigenvalue weighted by atomic mass is 9.98. The molecule has 12 nitrogen and oxygen atoms in total. The number of aromatic nitrogens is 2. The minimum atomic E-state index is -2.00. The number of carbonyl (C=O) groups is 2. The first-order valence-corrected chi connectivity index (χ1v) is 13.3. The van der Waals surface area contributed by atoms with E-state index >= 15 is 0 Å². The van der Waals surface area contributed by atoms with Crippen LogP contribution in [0.4, 0.5) is 4.79 Å². The summed E-state index contributed by atoms with van der Waals surface area (Å²) in [5.74, 6) is -1.31. The molecule has 2 aromatic heterocycles. The Kier molecular flexibility index (Phi) is 7.07. The zero-order valence-corrected chi connectivity index (χ0v) is 22.8. The van der Waals surface area contributed by atoms with Crippen LogP contribution in [0.2, 0.25) is 0 Å². The van der Waals surface area contributed by atoms with Crippen molar-refractivity contribution in [2.75, 3.05) is 33.4 Å². The number of nitrogens with two attached hydrogens (primary N) is 3. The molecule has 0 bridgehead atoms. The SMILES string of the molecule is COc1cc2c(cc1C=C(C)C)-c1c(c(C(=O)N(CCN3CCOC3=O)C(N)(N)N)nn1-c1ccsc1)CO2. The number of carbonyl (C=O) groups excluding carboxylic acids is 2. The predicted molar refractivity (Wildman–Crippen MR) is 146 cm³/mol. The van der Waals surface area contributed by atoms with E-state index in [1.54, 1.807) is 11.8 Å². The molecule has 0 radical (unpaired) electrons. The topological polar surface area (TPSA) is 164 Å². The van der Waals surface area contributed by atoms with E-state index in [-0.39, 0.29) is 32.0 Å². The van der Waals surface area contributed by atoms with E-state index in [0.29, 0.717) is 29.3 Å². The van der Waals surface area contributed by atoms with E-state index in [1.807, 2.05) is 48.9 Å². The van der Waals surface area contributed by atoms with Crippen molar-refractivity contribution in [1.29, 1.82) is 0 Å². The normalized spacial score (nSPS) is 14.3. The minimum Gasteiger partial charge on any atom is -0.496 e. The number of methoxy groups -OCH3 is 1. The van der Waals surface area contributed by atoms with Gasteiger partial charge in [-0.3, -0.25) is 26.9 Å². The van der Waals surface area contributed by atoms with Crippen molar-refractivity contribution in [1.82, 2.24) is 19.6 Å². The molecule has 0 unspecified atom stereocenters.